The summed E-state index contributed by atoms with van der Waals surface area (Å²) >= 11 is 0. The standard InChI is InChI=1S/C59H109NO18/c1-3-5-7-9-11-13-15-16-17-18-19-20-21-22-23-24-25-26-27-29-31-33-35-37-47(65)60-42(43(64)36-34-32-30-28-14-12-10-8-6-4-2)41-73-57-53(71)50(68)55(45(39-62)75-57)78-59-54(72)51(69)56(46(40-63)76-59)77-58-52(70)49(67)48(66)44(38-61)74-58/h18-19,34,36,42-46,48-59,61-64,66-72H,3-17,20-33,35,37-41H2,1-2H3,(H,60,65)/b19-18-,36-34+. The second-order valence-corrected chi connectivity index (χ2v) is 22.2. The number of hydrogen-bond acceptors (Lipinski definition) is 18. The van der Waals surface area contributed by atoms with Crippen molar-refractivity contribution < 1.29 is 89.4 Å². The zero-order valence-electron chi connectivity index (χ0n) is 47.7. The molecule has 0 bridgehead atoms. The Morgan fingerprint density at radius 3 is 1.24 bits per heavy atom. The van der Waals surface area contributed by atoms with Crippen LogP contribution in [0, 0.1) is 0 Å². The van der Waals surface area contributed by atoms with Crippen LogP contribution in [-0.2, 0) is 33.2 Å². The number of allylic oxidation sites excluding steroid dienone is 3. The highest BCUT2D eigenvalue weighted by molar-refractivity contribution is 5.76. The number of carbonyl (C=O) groups excluding carboxylic acids is 1. The number of nitrogens with one attached hydrogen (secondary N) is 1. The van der Waals surface area contributed by atoms with E-state index in [0.29, 0.717) is 6.42 Å². The van der Waals surface area contributed by atoms with E-state index in [1.807, 2.05) is 6.08 Å². The molecule has 78 heavy (non-hydrogen) atoms. The summed E-state index contributed by atoms with van der Waals surface area (Å²) in [6.07, 6.45) is 17.5. The third kappa shape index (κ3) is 26.7. The van der Waals surface area contributed by atoms with Crippen LogP contribution >= 0.6 is 0 Å². The molecule has 0 spiro atoms. The van der Waals surface area contributed by atoms with Gasteiger partial charge in [0.2, 0.25) is 5.91 Å². The molecule has 458 valence electrons. The van der Waals surface area contributed by atoms with E-state index >= 15 is 0 Å². The fourth-order valence-electron chi connectivity index (χ4n) is 10.4. The average Bonchev–Trinajstić information content (AvgIpc) is 3.49. The molecule has 12 N–H and O–H groups in total. The van der Waals surface area contributed by atoms with Gasteiger partial charge in [0, 0.05) is 6.42 Å². The van der Waals surface area contributed by atoms with Crippen molar-refractivity contribution in [3.05, 3.63) is 24.3 Å². The zero-order chi connectivity index (χ0) is 56.9. The quantitative estimate of drug-likeness (QED) is 0.0263. The first-order chi connectivity index (χ1) is 37.8. The summed E-state index contributed by atoms with van der Waals surface area (Å²) in [6.45, 7) is 1.69. The third-order valence-electron chi connectivity index (χ3n) is 15.5. The summed E-state index contributed by atoms with van der Waals surface area (Å²) in [4.78, 5) is 13.3. The predicted molar refractivity (Wildman–Crippen MR) is 296 cm³/mol. The van der Waals surface area contributed by atoms with Crippen molar-refractivity contribution in [2.75, 3.05) is 26.4 Å². The smallest absolute Gasteiger partial charge is 0.220 e. The average molecular weight is 1120 g/mol. The van der Waals surface area contributed by atoms with E-state index in [4.69, 9.17) is 28.4 Å². The number of rotatable bonds is 45. The summed E-state index contributed by atoms with van der Waals surface area (Å²) < 4.78 is 34.2. The third-order valence-corrected chi connectivity index (χ3v) is 15.5. The van der Waals surface area contributed by atoms with Crippen LogP contribution in [0.25, 0.3) is 0 Å². The van der Waals surface area contributed by atoms with Crippen LogP contribution in [0.2, 0.25) is 0 Å². The Balaban J connectivity index is 1.44. The normalized spacial score (nSPS) is 30.6. The summed E-state index contributed by atoms with van der Waals surface area (Å²) in [6, 6.07) is -0.969. The van der Waals surface area contributed by atoms with Gasteiger partial charge in [-0.1, -0.05) is 186 Å². The second-order valence-electron chi connectivity index (χ2n) is 22.2. The van der Waals surface area contributed by atoms with Crippen LogP contribution in [0.15, 0.2) is 24.3 Å². The van der Waals surface area contributed by atoms with Gasteiger partial charge in [-0.2, -0.15) is 0 Å². The molecule has 0 aromatic rings. The van der Waals surface area contributed by atoms with Crippen molar-refractivity contribution in [2.24, 2.45) is 0 Å². The maximum atomic E-state index is 13.3. The minimum atomic E-state index is -1.98. The zero-order valence-corrected chi connectivity index (χ0v) is 47.7. The van der Waals surface area contributed by atoms with Crippen LogP contribution in [0.3, 0.4) is 0 Å². The molecule has 0 aliphatic carbocycles. The Morgan fingerprint density at radius 2 is 0.808 bits per heavy atom. The number of carbonyl (C=O) groups is 1. The predicted octanol–water partition coefficient (Wildman–Crippen LogP) is 5.54. The number of ether oxygens (including phenoxy) is 6. The molecule has 19 nitrogen and oxygen atoms in total. The lowest BCUT2D eigenvalue weighted by Crippen LogP contribution is -2.66. The maximum absolute atomic E-state index is 13.3. The highest BCUT2D eigenvalue weighted by Gasteiger charge is 2.53. The molecular weight excluding hydrogens is 1010 g/mol. The minimum absolute atomic E-state index is 0.244. The molecule has 3 heterocycles. The molecule has 19 heteroatoms. The van der Waals surface area contributed by atoms with Gasteiger partial charge in [-0.3, -0.25) is 4.79 Å². The van der Waals surface area contributed by atoms with Crippen LogP contribution in [-0.4, -0.2) is 193 Å². The Morgan fingerprint density at radius 1 is 0.449 bits per heavy atom. The summed E-state index contributed by atoms with van der Waals surface area (Å²) in [5.74, 6) is -0.278. The van der Waals surface area contributed by atoms with Gasteiger partial charge in [0.05, 0.1) is 38.6 Å². The molecule has 3 fully saturated rings. The molecule has 0 aromatic heterocycles. The number of aliphatic hydroxyl groups excluding tert-OH is 11. The molecule has 3 aliphatic rings. The molecule has 17 atom stereocenters. The molecule has 0 aromatic carbocycles. The van der Waals surface area contributed by atoms with E-state index in [-0.39, 0.29) is 18.9 Å². The monoisotopic (exact) mass is 1120 g/mol. The molecule has 3 rings (SSSR count). The van der Waals surface area contributed by atoms with Gasteiger partial charge in [0.25, 0.3) is 0 Å². The molecular formula is C59H109NO18. The molecule has 0 saturated carbocycles. The van der Waals surface area contributed by atoms with Crippen molar-refractivity contribution in [3.63, 3.8) is 0 Å². The summed E-state index contributed by atoms with van der Waals surface area (Å²) in [7, 11) is 0. The number of aliphatic hydroxyl groups is 11. The van der Waals surface area contributed by atoms with Crippen molar-refractivity contribution >= 4 is 5.91 Å². The largest absolute Gasteiger partial charge is 0.394 e. The topological polar surface area (TPSA) is 307 Å². The van der Waals surface area contributed by atoms with Gasteiger partial charge >= 0.3 is 0 Å². The fourth-order valence-corrected chi connectivity index (χ4v) is 10.4. The first-order valence-corrected chi connectivity index (χ1v) is 30.6. The summed E-state index contributed by atoms with van der Waals surface area (Å²) in [5, 5.41) is 120. The SMILES string of the molecule is CCCCCCCCCC/C=C\CCCCCCCCCCCCCC(=O)NC(COC1OC(CO)C(OC2OC(CO)C(OC3OC(CO)C(O)C(O)C3O)C(O)C2O)C(O)C1O)C(O)/C=C/CCCCCCCCCC. The first kappa shape index (κ1) is 70.5. The Kier molecular flexibility index (Phi) is 38.9. The maximum Gasteiger partial charge on any atom is 0.220 e. The van der Waals surface area contributed by atoms with Gasteiger partial charge in [-0.25, -0.2) is 0 Å². The van der Waals surface area contributed by atoms with Gasteiger partial charge in [-0.15, -0.1) is 0 Å². The lowest BCUT2D eigenvalue weighted by atomic mass is 9.96. The van der Waals surface area contributed by atoms with Gasteiger partial charge in [-0.05, 0) is 44.9 Å². The van der Waals surface area contributed by atoms with Crippen LogP contribution in [0.4, 0.5) is 0 Å². The lowest BCUT2D eigenvalue weighted by molar-refractivity contribution is -0.379. The minimum Gasteiger partial charge on any atom is -0.394 e. The van der Waals surface area contributed by atoms with Gasteiger partial charge in [0.1, 0.15) is 73.2 Å². The molecule has 1 amide bonds. The van der Waals surface area contributed by atoms with Crippen molar-refractivity contribution in [1.82, 2.24) is 5.32 Å². The highest BCUT2D eigenvalue weighted by atomic mass is 16.8. The van der Waals surface area contributed by atoms with Gasteiger partial charge < -0.3 is 89.9 Å². The van der Waals surface area contributed by atoms with E-state index in [1.54, 1.807) is 6.08 Å². The Labute approximate surface area is 467 Å². The highest BCUT2D eigenvalue weighted by Crippen LogP contribution is 2.33. The Hall–Kier alpha value is -1.73. The molecule has 3 saturated heterocycles. The first-order valence-electron chi connectivity index (χ1n) is 30.6. The summed E-state index contributed by atoms with van der Waals surface area (Å²) in [5.41, 5.74) is 0. The fraction of sp³-hybridized carbons (Fsp3) is 0.915. The van der Waals surface area contributed by atoms with Gasteiger partial charge in [0.15, 0.2) is 18.9 Å². The number of amides is 1. The van der Waals surface area contributed by atoms with Crippen molar-refractivity contribution in [2.45, 2.75) is 317 Å². The van der Waals surface area contributed by atoms with E-state index in [9.17, 15) is 61.0 Å². The van der Waals surface area contributed by atoms with Crippen molar-refractivity contribution in [1.29, 1.82) is 0 Å². The lowest BCUT2D eigenvalue weighted by Gasteiger charge is -2.48. The van der Waals surface area contributed by atoms with E-state index in [1.165, 1.54) is 141 Å². The van der Waals surface area contributed by atoms with Crippen LogP contribution in [0.1, 0.15) is 213 Å². The van der Waals surface area contributed by atoms with Crippen LogP contribution in [0.5, 0.6) is 0 Å². The second kappa shape index (κ2) is 43.0. The van der Waals surface area contributed by atoms with E-state index in [0.717, 1.165) is 44.9 Å². The van der Waals surface area contributed by atoms with E-state index < -0.39 is 124 Å². The molecule has 0 radical (unpaired) electrons. The molecule has 17 unspecified atom stereocenters. The molecule has 3 aliphatic heterocycles. The van der Waals surface area contributed by atoms with E-state index in [2.05, 4.69) is 31.3 Å². The Bertz CT molecular complexity index is 1530. The number of hydrogen-bond donors (Lipinski definition) is 12. The van der Waals surface area contributed by atoms with Crippen LogP contribution < -0.4 is 5.32 Å². The van der Waals surface area contributed by atoms with Crippen molar-refractivity contribution in [3.8, 4) is 0 Å². The number of unbranched alkanes of at least 4 members (excludes halogenated alkanes) is 27.